The standard InChI is InChI=1S/C15H15N5/c1-11(16)13-9-5-6-10-14(13)20-18-15(17-19-20)12-7-3-2-4-8-12/h2-11H,16H2,1H3. The van der Waals surface area contributed by atoms with E-state index in [1.165, 1.54) is 4.80 Å². The Morgan fingerprint density at radius 1 is 1.00 bits per heavy atom. The van der Waals surface area contributed by atoms with Gasteiger partial charge >= 0.3 is 0 Å². The number of hydrogen-bond donors (Lipinski definition) is 1. The smallest absolute Gasteiger partial charge is 0.205 e. The SMILES string of the molecule is CC(N)c1ccccc1-n1nnc(-c2ccccc2)n1. The molecule has 5 nitrogen and oxygen atoms in total. The summed E-state index contributed by atoms with van der Waals surface area (Å²) >= 11 is 0. The summed E-state index contributed by atoms with van der Waals surface area (Å²) in [5.74, 6) is 0.602. The molecule has 3 aromatic rings. The highest BCUT2D eigenvalue weighted by Crippen LogP contribution is 2.19. The van der Waals surface area contributed by atoms with E-state index in [0.717, 1.165) is 16.8 Å². The average molecular weight is 265 g/mol. The predicted molar refractivity (Wildman–Crippen MR) is 77.2 cm³/mol. The van der Waals surface area contributed by atoms with Gasteiger partial charge in [-0.1, -0.05) is 48.5 Å². The van der Waals surface area contributed by atoms with Crippen LogP contribution < -0.4 is 5.73 Å². The van der Waals surface area contributed by atoms with Gasteiger partial charge in [-0.05, 0) is 23.8 Å². The average Bonchev–Trinajstić information content (AvgIpc) is 2.98. The fourth-order valence-corrected chi connectivity index (χ4v) is 2.07. The van der Waals surface area contributed by atoms with Gasteiger partial charge in [0.05, 0.1) is 5.69 Å². The van der Waals surface area contributed by atoms with E-state index in [2.05, 4.69) is 15.4 Å². The van der Waals surface area contributed by atoms with E-state index in [-0.39, 0.29) is 6.04 Å². The maximum Gasteiger partial charge on any atom is 0.205 e. The Morgan fingerprint density at radius 3 is 2.45 bits per heavy atom. The van der Waals surface area contributed by atoms with Gasteiger partial charge in [-0.25, -0.2) is 0 Å². The molecule has 0 fully saturated rings. The van der Waals surface area contributed by atoms with Crippen molar-refractivity contribution in [3.05, 3.63) is 60.2 Å². The molecule has 0 radical (unpaired) electrons. The highest BCUT2D eigenvalue weighted by Gasteiger charge is 2.12. The van der Waals surface area contributed by atoms with Crippen molar-refractivity contribution in [3.8, 4) is 17.1 Å². The molecule has 0 aliphatic rings. The lowest BCUT2D eigenvalue weighted by atomic mass is 10.1. The summed E-state index contributed by atoms with van der Waals surface area (Å²) in [7, 11) is 0. The van der Waals surface area contributed by atoms with Crippen LogP contribution in [0.4, 0.5) is 0 Å². The molecular formula is C15H15N5. The summed E-state index contributed by atoms with van der Waals surface area (Å²) in [6.07, 6.45) is 0. The molecule has 0 bridgehead atoms. The van der Waals surface area contributed by atoms with Crippen molar-refractivity contribution >= 4 is 0 Å². The minimum atomic E-state index is -0.0858. The van der Waals surface area contributed by atoms with Crippen molar-refractivity contribution in [1.29, 1.82) is 0 Å². The molecule has 2 N–H and O–H groups in total. The zero-order valence-electron chi connectivity index (χ0n) is 11.1. The highest BCUT2D eigenvalue weighted by molar-refractivity contribution is 5.53. The van der Waals surface area contributed by atoms with Crippen LogP contribution in [0, 0.1) is 0 Å². The predicted octanol–water partition coefficient (Wildman–Crippen LogP) is 2.35. The van der Waals surface area contributed by atoms with Gasteiger partial charge in [0.1, 0.15) is 0 Å². The molecule has 1 aromatic heterocycles. The molecule has 0 aliphatic heterocycles. The van der Waals surface area contributed by atoms with E-state index < -0.39 is 0 Å². The maximum absolute atomic E-state index is 5.98. The second kappa shape index (κ2) is 5.22. The molecule has 0 spiro atoms. The Morgan fingerprint density at radius 2 is 1.70 bits per heavy atom. The van der Waals surface area contributed by atoms with Gasteiger partial charge < -0.3 is 5.73 Å². The third kappa shape index (κ3) is 2.31. The van der Waals surface area contributed by atoms with Crippen molar-refractivity contribution in [1.82, 2.24) is 20.2 Å². The van der Waals surface area contributed by atoms with E-state index in [0.29, 0.717) is 5.82 Å². The number of hydrogen-bond acceptors (Lipinski definition) is 4. The second-order valence-corrected chi connectivity index (χ2v) is 4.62. The van der Waals surface area contributed by atoms with E-state index in [1.807, 2.05) is 61.5 Å². The van der Waals surface area contributed by atoms with Gasteiger partial charge in [0.25, 0.3) is 0 Å². The first-order valence-electron chi connectivity index (χ1n) is 6.46. The maximum atomic E-state index is 5.98. The molecule has 0 amide bonds. The molecule has 1 unspecified atom stereocenters. The van der Waals surface area contributed by atoms with Crippen molar-refractivity contribution in [3.63, 3.8) is 0 Å². The van der Waals surface area contributed by atoms with Crippen LogP contribution in [0.25, 0.3) is 17.1 Å². The van der Waals surface area contributed by atoms with Crippen LogP contribution in [-0.2, 0) is 0 Å². The summed E-state index contributed by atoms with van der Waals surface area (Å²) in [6.45, 7) is 1.94. The topological polar surface area (TPSA) is 69.6 Å². The molecule has 100 valence electrons. The molecule has 0 saturated carbocycles. The zero-order valence-corrected chi connectivity index (χ0v) is 11.1. The Hall–Kier alpha value is -2.53. The minimum Gasteiger partial charge on any atom is -0.324 e. The third-order valence-corrected chi connectivity index (χ3v) is 3.09. The molecule has 0 aliphatic carbocycles. The lowest BCUT2D eigenvalue weighted by Crippen LogP contribution is -2.11. The molecule has 20 heavy (non-hydrogen) atoms. The van der Waals surface area contributed by atoms with Gasteiger partial charge in [-0.2, -0.15) is 0 Å². The summed E-state index contributed by atoms with van der Waals surface area (Å²) in [5.41, 5.74) is 8.77. The molecule has 1 atom stereocenters. The van der Waals surface area contributed by atoms with Crippen molar-refractivity contribution in [2.75, 3.05) is 0 Å². The van der Waals surface area contributed by atoms with Crippen molar-refractivity contribution < 1.29 is 0 Å². The first kappa shape index (κ1) is 12.5. The lowest BCUT2D eigenvalue weighted by molar-refractivity contribution is 0.695. The van der Waals surface area contributed by atoms with Crippen molar-refractivity contribution in [2.24, 2.45) is 5.73 Å². The Labute approximate surface area is 117 Å². The molecular weight excluding hydrogens is 250 g/mol. The molecule has 5 heteroatoms. The number of nitrogens with two attached hydrogens (primary N) is 1. The monoisotopic (exact) mass is 265 g/mol. The fraction of sp³-hybridized carbons (Fsp3) is 0.133. The van der Waals surface area contributed by atoms with E-state index >= 15 is 0 Å². The first-order valence-corrected chi connectivity index (χ1v) is 6.46. The third-order valence-electron chi connectivity index (χ3n) is 3.09. The number of aromatic nitrogens is 4. The molecule has 0 saturated heterocycles. The molecule has 2 aromatic carbocycles. The van der Waals surface area contributed by atoms with Gasteiger partial charge in [0.15, 0.2) is 0 Å². The van der Waals surface area contributed by atoms with Crippen LogP contribution in [0.3, 0.4) is 0 Å². The van der Waals surface area contributed by atoms with Crippen LogP contribution in [0.5, 0.6) is 0 Å². The number of benzene rings is 2. The summed E-state index contributed by atoms with van der Waals surface area (Å²) in [4.78, 5) is 1.53. The Kier molecular flexibility index (Phi) is 3.26. The van der Waals surface area contributed by atoms with Gasteiger partial charge in [-0.15, -0.1) is 15.0 Å². The summed E-state index contributed by atoms with van der Waals surface area (Å²) in [6, 6.07) is 17.5. The Balaban J connectivity index is 2.03. The Bertz CT molecular complexity index is 703. The van der Waals surface area contributed by atoms with Crippen molar-refractivity contribution in [2.45, 2.75) is 13.0 Å². The lowest BCUT2D eigenvalue weighted by Gasteiger charge is -2.10. The van der Waals surface area contributed by atoms with Gasteiger partial charge in [0, 0.05) is 11.6 Å². The number of para-hydroxylation sites is 1. The van der Waals surface area contributed by atoms with E-state index in [1.54, 1.807) is 0 Å². The van der Waals surface area contributed by atoms with Gasteiger partial charge in [-0.3, -0.25) is 0 Å². The van der Waals surface area contributed by atoms with E-state index in [4.69, 9.17) is 5.73 Å². The quantitative estimate of drug-likeness (QED) is 0.789. The fourth-order valence-electron chi connectivity index (χ4n) is 2.07. The minimum absolute atomic E-state index is 0.0858. The number of tetrazole rings is 1. The number of nitrogens with zero attached hydrogens (tertiary/aromatic N) is 4. The number of rotatable bonds is 3. The largest absolute Gasteiger partial charge is 0.324 e. The normalized spacial score (nSPS) is 12.3. The van der Waals surface area contributed by atoms with E-state index in [9.17, 15) is 0 Å². The first-order chi connectivity index (χ1) is 9.75. The molecule has 3 rings (SSSR count). The van der Waals surface area contributed by atoms with Gasteiger partial charge in [0.2, 0.25) is 5.82 Å². The zero-order chi connectivity index (χ0) is 13.9. The molecule has 1 heterocycles. The highest BCUT2D eigenvalue weighted by atomic mass is 15.6. The van der Waals surface area contributed by atoms with Crippen LogP contribution >= 0.6 is 0 Å². The van der Waals surface area contributed by atoms with Crippen LogP contribution in [0.15, 0.2) is 54.6 Å². The van der Waals surface area contributed by atoms with Crippen LogP contribution in [0.2, 0.25) is 0 Å². The van der Waals surface area contributed by atoms with Crippen LogP contribution in [-0.4, -0.2) is 20.2 Å². The second-order valence-electron chi connectivity index (χ2n) is 4.62. The summed E-state index contributed by atoms with van der Waals surface area (Å²) < 4.78 is 0. The van der Waals surface area contributed by atoms with Crippen LogP contribution in [0.1, 0.15) is 18.5 Å². The summed E-state index contributed by atoms with van der Waals surface area (Å²) in [5, 5.41) is 12.7.